The van der Waals surface area contributed by atoms with Gasteiger partial charge in [-0.3, -0.25) is 0 Å². The van der Waals surface area contributed by atoms with Gasteiger partial charge < -0.3 is 0 Å². The van der Waals surface area contributed by atoms with E-state index in [9.17, 15) is 0 Å². The van der Waals surface area contributed by atoms with Gasteiger partial charge in [-0.25, -0.2) is 19.9 Å². The molecule has 0 saturated heterocycles. The molecule has 0 bridgehead atoms. The first kappa shape index (κ1) is 29.8. The van der Waals surface area contributed by atoms with E-state index in [1.807, 2.05) is 42.5 Å². The zero-order valence-electron chi connectivity index (χ0n) is 28.1. The van der Waals surface area contributed by atoms with E-state index >= 15 is 0 Å². The van der Waals surface area contributed by atoms with Crippen molar-refractivity contribution >= 4 is 43.5 Å². The van der Waals surface area contributed by atoms with Crippen molar-refractivity contribution in [1.29, 1.82) is 0 Å². The summed E-state index contributed by atoms with van der Waals surface area (Å²) in [4.78, 5) is 20.7. The first-order valence-electron chi connectivity index (χ1n) is 17.5. The molecule has 7 aromatic carbocycles. The average molecular weight is 663 g/mol. The predicted molar refractivity (Wildman–Crippen MR) is 215 cm³/mol. The van der Waals surface area contributed by atoms with Gasteiger partial charge in [0, 0.05) is 44.0 Å². The Bertz CT molecular complexity index is 2940. The molecule has 3 heterocycles. The Morgan fingerprint density at radius 1 is 0.288 bits per heavy atom. The number of hydrogen-bond donors (Lipinski definition) is 0. The predicted octanol–water partition coefficient (Wildman–Crippen LogP) is 12.2. The molecule has 0 saturated carbocycles. The van der Waals surface area contributed by atoms with Crippen molar-refractivity contribution in [2.45, 2.75) is 0 Å². The van der Waals surface area contributed by atoms with Crippen LogP contribution in [-0.2, 0) is 0 Å². The molecule has 0 N–H and O–H groups in total. The summed E-state index contributed by atoms with van der Waals surface area (Å²) in [5, 5.41) is 5.47. The van der Waals surface area contributed by atoms with Crippen molar-refractivity contribution in [1.82, 2.24) is 19.9 Å². The topological polar surface area (TPSA) is 51.6 Å². The highest BCUT2D eigenvalue weighted by Crippen LogP contribution is 2.37. The van der Waals surface area contributed by atoms with Gasteiger partial charge in [-0.1, -0.05) is 158 Å². The molecule has 4 nitrogen and oxygen atoms in total. The molecule has 242 valence electrons. The van der Waals surface area contributed by atoms with E-state index in [0.717, 1.165) is 93.9 Å². The molecule has 0 fully saturated rings. The number of para-hydroxylation sites is 1. The van der Waals surface area contributed by atoms with Crippen molar-refractivity contribution < 1.29 is 0 Å². The van der Waals surface area contributed by atoms with E-state index in [1.165, 1.54) is 0 Å². The van der Waals surface area contributed by atoms with Crippen LogP contribution < -0.4 is 0 Å². The number of rotatable bonds is 5. The first-order chi connectivity index (χ1) is 25.7. The van der Waals surface area contributed by atoms with Crippen LogP contribution in [0.4, 0.5) is 0 Å². The Kier molecular flexibility index (Phi) is 7.10. The zero-order chi connectivity index (χ0) is 34.4. The van der Waals surface area contributed by atoms with Crippen molar-refractivity contribution in [3.8, 4) is 56.3 Å². The van der Waals surface area contributed by atoms with Gasteiger partial charge in [0.1, 0.15) is 0 Å². The lowest BCUT2D eigenvalue weighted by Crippen LogP contribution is -1.96. The largest absolute Gasteiger partial charge is 0.245 e. The summed E-state index contributed by atoms with van der Waals surface area (Å²) in [6.07, 6.45) is 0. The standard InChI is InChI=1S/C48H30N4/c1-4-11-32(12-5-1)42-27-25-34-21-22-35-26-28-43(50-46(35)45(34)49-42)38-24-20-31-19-23-37(29-39(31)30-38)40-17-10-18-41-44(33-13-6-2-7-14-33)51-48(52-47(40)41)36-15-8-3-9-16-36/h1-30H. The molecule has 0 amide bonds. The van der Waals surface area contributed by atoms with Gasteiger partial charge in [-0.2, -0.15) is 0 Å². The van der Waals surface area contributed by atoms with E-state index in [-0.39, 0.29) is 0 Å². The second-order valence-electron chi connectivity index (χ2n) is 13.1. The van der Waals surface area contributed by atoms with Crippen LogP contribution in [0, 0.1) is 0 Å². The van der Waals surface area contributed by atoms with E-state index in [1.54, 1.807) is 0 Å². The van der Waals surface area contributed by atoms with Gasteiger partial charge in [0.15, 0.2) is 5.82 Å². The number of fused-ring (bicyclic) bond motifs is 5. The fourth-order valence-corrected chi connectivity index (χ4v) is 7.19. The maximum Gasteiger partial charge on any atom is 0.160 e. The van der Waals surface area contributed by atoms with Crippen LogP contribution in [0.25, 0.3) is 99.8 Å². The quantitative estimate of drug-likeness (QED) is 0.172. The molecule has 52 heavy (non-hydrogen) atoms. The molecular weight excluding hydrogens is 633 g/mol. The molecule has 0 aliphatic carbocycles. The second kappa shape index (κ2) is 12.4. The molecule has 0 atom stereocenters. The molecule has 0 aliphatic heterocycles. The highest BCUT2D eigenvalue weighted by atomic mass is 14.9. The normalized spacial score (nSPS) is 11.5. The molecule has 4 heteroatoms. The number of benzene rings is 7. The maximum atomic E-state index is 5.23. The van der Waals surface area contributed by atoms with Gasteiger partial charge in [0.2, 0.25) is 0 Å². The fraction of sp³-hybridized carbons (Fsp3) is 0. The lowest BCUT2D eigenvalue weighted by Gasteiger charge is -2.13. The van der Waals surface area contributed by atoms with Gasteiger partial charge in [-0.15, -0.1) is 0 Å². The monoisotopic (exact) mass is 662 g/mol. The van der Waals surface area contributed by atoms with Gasteiger partial charge in [0.05, 0.1) is 33.6 Å². The molecule has 0 spiro atoms. The van der Waals surface area contributed by atoms with Crippen LogP contribution >= 0.6 is 0 Å². The van der Waals surface area contributed by atoms with Crippen LogP contribution in [0.2, 0.25) is 0 Å². The summed E-state index contributed by atoms with van der Waals surface area (Å²) in [5.74, 6) is 0.711. The maximum absolute atomic E-state index is 5.23. The molecule has 0 radical (unpaired) electrons. The summed E-state index contributed by atoms with van der Waals surface area (Å²) in [6, 6.07) is 63.3. The van der Waals surface area contributed by atoms with Crippen LogP contribution in [0.3, 0.4) is 0 Å². The van der Waals surface area contributed by atoms with Gasteiger partial charge in [0.25, 0.3) is 0 Å². The minimum Gasteiger partial charge on any atom is -0.245 e. The Labute approximate surface area is 300 Å². The Balaban J connectivity index is 1.11. The minimum absolute atomic E-state index is 0.711. The molecule has 0 unspecified atom stereocenters. The lowest BCUT2D eigenvalue weighted by molar-refractivity contribution is 1.23. The van der Waals surface area contributed by atoms with E-state index in [2.05, 4.69) is 140 Å². The zero-order valence-corrected chi connectivity index (χ0v) is 28.1. The Morgan fingerprint density at radius 3 is 1.50 bits per heavy atom. The Hall–Kier alpha value is -7.04. The van der Waals surface area contributed by atoms with Crippen molar-refractivity contribution in [3.63, 3.8) is 0 Å². The third-order valence-corrected chi connectivity index (χ3v) is 9.84. The Morgan fingerprint density at radius 2 is 0.827 bits per heavy atom. The SMILES string of the molecule is c1ccc(-c2ccc3ccc4ccc(-c5ccc6ccc(-c7cccc8c(-c9ccccc9)nc(-c9ccccc9)nc78)cc6c5)nc4c3n2)cc1. The highest BCUT2D eigenvalue weighted by molar-refractivity contribution is 6.05. The van der Waals surface area contributed by atoms with Crippen LogP contribution in [0.15, 0.2) is 182 Å². The van der Waals surface area contributed by atoms with Gasteiger partial charge in [-0.05, 0) is 40.6 Å². The van der Waals surface area contributed by atoms with Crippen molar-refractivity contribution in [2.24, 2.45) is 0 Å². The fourth-order valence-electron chi connectivity index (χ4n) is 7.19. The summed E-state index contributed by atoms with van der Waals surface area (Å²) < 4.78 is 0. The smallest absolute Gasteiger partial charge is 0.160 e. The highest BCUT2D eigenvalue weighted by Gasteiger charge is 2.16. The second-order valence-corrected chi connectivity index (χ2v) is 13.1. The summed E-state index contributed by atoms with van der Waals surface area (Å²) in [6.45, 7) is 0. The first-order valence-corrected chi connectivity index (χ1v) is 17.5. The summed E-state index contributed by atoms with van der Waals surface area (Å²) in [7, 11) is 0. The van der Waals surface area contributed by atoms with Crippen molar-refractivity contribution in [2.75, 3.05) is 0 Å². The number of nitrogens with zero attached hydrogens (tertiary/aromatic N) is 4. The summed E-state index contributed by atoms with van der Waals surface area (Å²) in [5.41, 5.74) is 11.9. The van der Waals surface area contributed by atoms with E-state index < -0.39 is 0 Å². The molecule has 0 aliphatic rings. The number of pyridine rings is 2. The van der Waals surface area contributed by atoms with Crippen LogP contribution in [0.5, 0.6) is 0 Å². The number of aromatic nitrogens is 4. The summed E-state index contributed by atoms with van der Waals surface area (Å²) >= 11 is 0. The molecular formula is C48H30N4. The molecule has 10 rings (SSSR count). The van der Waals surface area contributed by atoms with Crippen molar-refractivity contribution in [3.05, 3.63) is 182 Å². The molecule has 10 aromatic rings. The number of hydrogen-bond acceptors (Lipinski definition) is 4. The van der Waals surface area contributed by atoms with E-state index in [4.69, 9.17) is 19.9 Å². The van der Waals surface area contributed by atoms with Crippen LogP contribution in [-0.4, -0.2) is 19.9 Å². The van der Waals surface area contributed by atoms with E-state index in [0.29, 0.717) is 5.82 Å². The molecule has 3 aromatic heterocycles. The third-order valence-electron chi connectivity index (χ3n) is 9.84. The van der Waals surface area contributed by atoms with Gasteiger partial charge >= 0.3 is 0 Å². The lowest BCUT2D eigenvalue weighted by atomic mass is 9.96. The van der Waals surface area contributed by atoms with Crippen LogP contribution in [0.1, 0.15) is 0 Å². The third kappa shape index (κ3) is 5.26. The average Bonchev–Trinajstić information content (AvgIpc) is 3.23. The minimum atomic E-state index is 0.711.